The molecule has 0 N–H and O–H groups in total. The van der Waals surface area contributed by atoms with Crippen LogP contribution in [0.15, 0.2) is 18.2 Å². The first-order valence-electron chi connectivity index (χ1n) is 4.90. The molecule has 90 valence electrons. The Morgan fingerprint density at radius 2 is 2.29 bits per heavy atom. The van der Waals surface area contributed by atoms with Crippen LogP contribution in [0.5, 0.6) is 0 Å². The molecule has 0 aliphatic carbocycles. The predicted molar refractivity (Wildman–Crippen MR) is 61.4 cm³/mol. The van der Waals surface area contributed by atoms with Crippen LogP contribution in [0.4, 0.5) is 10.1 Å². The van der Waals surface area contributed by atoms with E-state index in [-0.39, 0.29) is 11.5 Å². The Kier molecular flexibility index (Phi) is 3.28. The van der Waals surface area contributed by atoms with Crippen molar-refractivity contribution < 1.29 is 14.1 Å². The van der Waals surface area contributed by atoms with Gasteiger partial charge in [0.2, 0.25) is 5.82 Å². The van der Waals surface area contributed by atoms with Crippen LogP contribution in [0.25, 0.3) is 0 Å². The van der Waals surface area contributed by atoms with Gasteiger partial charge in [-0.3, -0.25) is 14.9 Å². The molecule has 1 aromatic carbocycles. The molecule has 17 heavy (non-hydrogen) atoms. The number of hydrogen-bond donors (Lipinski definition) is 0. The second-order valence-corrected chi connectivity index (χ2v) is 4.60. The maximum Gasteiger partial charge on any atom is 0.304 e. The zero-order valence-electron chi connectivity index (χ0n) is 8.76. The second-order valence-electron chi connectivity index (χ2n) is 3.53. The summed E-state index contributed by atoms with van der Waals surface area (Å²) >= 11 is 1.62. The van der Waals surface area contributed by atoms with Gasteiger partial charge < -0.3 is 4.90 Å². The highest BCUT2D eigenvalue weighted by atomic mass is 32.2. The average Bonchev–Trinajstić information content (AvgIpc) is 2.80. The van der Waals surface area contributed by atoms with Gasteiger partial charge in [0, 0.05) is 23.9 Å². The fourth-order valence-corrected chi connectivity index (χ4v) is 2.49. The van der Waals surface area contributed by atoms with Crippen LogP contribution in [0, 0.1) is 15.9 Å². The van der Waals surface area contributed by atoms with Crippen molar-refractivity contribution >= 4 is 23.4 Å². The van der Waals surface area contributed by atoms with E-state index in [0.29, 0.717) is 12.4 Å². The minimum Gasteiger partial charge on any atom is -0.329 e. The summed E-state index contributed by atoms with van der Waals surface area (Å²) in [6, 6.07) is 3.22. The van der Waals surface area contributed by atoms with Gasteiger partial charge in [0.15, 0.2) is 0 Å². The van der Waals surface area contributed by atoms with Crippen molar-refractivity contribution in [3.05, 3.63) is 39.7 Å². The Balaban J connectivity index is 2.25. The SMILES string of the molecule is O=C(c1ccc([N+](=O)[O-])c(F)c1)N1CCSC1. The summed E-state index contributed by atoms with van der Waals surface area (Å²) in [6.07, 6.45) is 0. The molecule has 0 atom stereocenters. The van der Waals surface area contributed by atoms with Crippen LogP contribution in [0.3, 0.4) is 0 Å². The Bertz CT molecular complexity index is 475. The van der Waals surface area contributed by atoms with E-state index < -0.39 is 16.4 Å². The highest BCUT2D eigenvalue weighted by molar-refractivity contribution is 7.99. The van der Waals surface area contributed by atoms with Crippen LogP contribution in [-0.2, 0) is 0 Å². The Morgan fingerprint density at radius 3 is 2.82 bits per heavy atom. The molecule has 1 aliphatic rings. The molecule has 0 bridgehead atoms. The minimum atomic E-state index is -0.979. The lowest BCUT2D eigenvalue weighted by Gasteiger charge is -2.13. The normalized spacial score (nSPS) is 15.0. The minimum absolute atomic E-state index is 0.149. The summed E-state index contributed by atoms with van der Waals surface area (Å²) in [4.78, 5) is 23.1. The number of nitro groups is 1. The van der Waals surface area contributed by atoms with Crippen molar-refractivity contribution in [3.8, 4) is 0 Å². The highest BCUT2D eigenvalue weighted by Crippen LogP contribution is 2.21. The number of nitro benzene ring substituents is 1. The first-order chi connectivity index (χ1) is 8.09. The number of carbonyl (C=O) groups is 1. The third kappa shape index (κ3) is 2.38. The van der Waals surface area contributed by atoms with Gasteiger partial charge in [-0.15, -0.1) is 11.8 Å². The quantitative estimate of drug-likeness (QED) is 0.598. The van der Waals surface area contributed by atoms with Gasteiger partial charge in [-0.2, -0.15) is 4.39 Å². The molecule has 0 saturated carbocycles. The van der Waals surface area contributed by atoms with Crippen molar-refractivity contribution in [2.24, 2.45) is 0 Å². The molecule has 1 aliphatic heterocycles. The van der Waals surface area contributed by atoms with E-state index in [4.69, 9.17) is 0 Å². The van der Waals surface area contributed by atoms with E-state index in [1.54, 1.807) is 16.7 Å². The molecule has 1 saturated heterocycles. The number of halogens is 1. The maximum atomic E-state index is 13.3. The summed E-state index contributed by atoms with van der Waals surface area (Å²) in [6.45, 7) is 0.627. The molecule has 1 amide bonds. The zero-order valence-corrected chi connectivity index (χ0v) is 9.58. The number of carbonyl (C=O) groups excluding carboxylic acids is 1. The fraction of sp³-hybridized carbons (Fsp3) is 0.300. The van der Waals surface area contributed by atoms with Gasteiger partial charge in [-0.05, 0) is 12.1 Å². The predicted octanol–water partition coefficient (Wildman–Crippen LogP) is 1.88. The van der Waals surface area contributed by atoms with Crippen molar-refractivity contribution in [1.29, 1.82) is 0 Å². The van der Waals surface area contributed by atoms with Crippen LogP contribution < -0.4 is 0 Å². The summed E-state index contributed by atoms with van der Waals surface area (Å²) in [5, 5.41) is 10.4. The number of hydrogen-bond acceptors (Lipinski definition) is 4. The second kappa shape index (κ2) is 4.70. The van der Waals surface area contributed by atoms with Crippen LogP contribution in [-0.4, -0.2) is 33.9 Å². The average molecular weight is 256 g/mol. The first kappa shape index (κ1) is 11.8. The third-order valence-electron chi connectivity index (χ3n) is 2.43. The molecule has 0 aromatic heterocycles. The monoisotopic (exact) mass is 256 g/mol. The third-order valence-corrected chi connectivity index (χ3v) is 3.40. The molecular weight excluding hydrogens is 247 g/mol. The van der Waals surface area contributed by atoms with Gasteiger partial charge in [-0.25, -0.2) is 0 Å². The standard InChI is InChI=1S/C10H9FN2O3S/c11-8-5-7(1-2-9(8)13(15)16)10(14)12-3-4-17-6-12/h1-2,5H,3-4,6H2. The molecule has 0 radical (unpaired) electrons. The topological polar surface area (TPSA) is 63.4 Å². The molecule has 2 rings (SSSR count). The molecule has 1 heterocycles. The van der Waals surface area contributed by atoms with Gasteiger partial charge >= 0.3 is 5.69 Å². The Labute approximate surface area is 101 Å². The lowest BCUT2D eigenvalue weighted by Crippen LogP contribution is -2.27. The van der Waals surface area contributed by atoms with E-state index in [9.17, 15) is 19.3 Å². The van der Waals surface area contributed by atoms with Crippen LogP contribution in [0.2, 0.25) is 0 Å². The van der Waals surface area contributed by atoms with Gasteiger partial charge in [0.25, 0.3) is 5.91 Å². The molecule has 0 spiro atoms. The number of nitrogens with zero attached hydrogens (tertiary/aromatic N) is 2. The van der Waals surface area contributed by atoms with E-state index in [1.165, 1.54) is 6.07 Å². The van der Waals surface area contributed by atoms with E-state index in [2.05, 4.69) is 0 Å². The van der Waals surface area contributed by atoms with Crippen molar-refractivity contribution in [1.82, 2.24) is 4.90 Å². The lowest BCUT2D eigenvalue weighted by atomic mass is 10.2. The van der Waals surface area contributed by atoms with Gasteiger partial charge in [0.1, 0.15) is 0 Å². The first-order valence-corrected chi connectivity index (χ1v) is 6.06. The summed E-state index contributed by atoms with van der Waals surface area (Å²) in [5.41, 5.74) is -0.465. The van der Waals surface area contributed by atoms with Crippen molar-refractivity contribution in [2.75, 3.05) is 18.2 Å². The molecule has 0 unspecified atom stereocenters. The van der Waals surface area contributed by atoms with Gasteiger partial charge in [-0.1, -0.05) is 0 Å². The van der Waals surface area contributed by atoms with Gasteiger partial charge in [0.05, 0.1) is 10.8 Å². The highest BCUT2D eigenvalue weighted by Gasteiger charge is 2.22. The fourth-order valence-electron chi connectivity index (χ4n) is 1.54. The molecule has 7 heteroatoms. The van der Waals surface area contributed by atoms with E-state index in [1.807, 2.05) is 0 Å². The van der Waals surface area contributed by atoms with E-state index >= 15 is 0 Å². The number of amides is 1. The van der Waals surface area contributed by atoms with E-state index in [0.717, 1.165) is 17.9 Å². The summed E-state index contributed by atoms with van der Waals surface area (Å²) in [7, 11) is 0. The smallest absolute Gasteiger partial charge is 0.304 e. The largest absolute Gasteiger partial charge is 0.329 e. The van der Waals surface area contributed by atoms with Crippen molar-refractivity contribution in [2.45, 2.75) is 0 Å². The lowest BCUT2D eigenvalue weighted by molar-refractivity contribution is -0.387. The Morgan fingerprint density at radius 1 is 1.53 bits per heavy atom. The van der Waals surface area contributed by atoms with Crippen LogP contribution >= 0.6 is 11.8 Å². The Hall–Kier alpha value is -1.63. The summed E-state index contributed by atoms with van der Waals surface area (Å²) < 4.78 is 13.3. The molecular formula is C10H9FN2O3S. The van der Waals surface area contributed by atoms with Crippen LogP contribution in [0.1, 0.15) is 10.4 Å². The zero-order chi connectivity index (χ0) is 12.4. The number of benzene rings is 1. The number of rotatable bonds is 2. The molecule has 1 fully saturated rings. The maximum absolute atomic E-state index is 13.3. The molecule has 1 aromatic rings. The number of thioether (sulfide) groups is 1. The van der Waals surface area contributed by atoms with Crippen molar-refractivity contribution in [3.63, 3.8) is 0 Å². The molecule has 5 nitrogen and oxygen atoms in total. The summed E-state index contributed by atoms with van der Waals surface area (Å²) in [5.74, 6) is 0.176.